The number of hydrogen-bond donors (Lipinski definition) is 1. The summed E-state index contributed by atoms with van der Waals surface area (Å²) < 4.78 is 24.4. The van der Waals surface area contributed by atoms with Gasteiger partial charge in [0.15, 0.2) is 0 Å². The minimum absolute atomic E-state index is 0.185. The summed E-state index contributed by atoms with van der Waals surface area (Å²) in [5.74, 6) is 0.627. The zero-order chi connectivity index (χ0) is 10.3. The van der Waals surface area contributed by atoms with E-state index >= 15 is 0 Å². The number of hydrogen-bond acceptors (Lipinski definition) is 4. The number of rotatable bonds is 1. The summed E-state index contributed by atoms with van der Waals surface area (Å²) in [6.07, 6.45) is 0. The molecule has 0 fully saturated rings. The van der Waals surface area contributed by atoms with Crippen molar-refractivity contribution in [1.82, 2.24) is 9.97 Å². The van der Waals surface area contributed by atoms with Crippen molar-refractivity contribution in [2.24, 2.45) is 0 Å². The predicted molar refractivity (Wildman–Crippen MR) is 39.7 cm³/mol. The summed E-state index contributed by atoms with van der Waals surface area (Å²) in [7, 11) is 1.52. The Hall–Kier alpha value is -0.902. The number of nitrogen functional groups attached to an aromatic ring is 1. The summed E-state index contributed by atoms with van der Waals surface area (Å²) in [5, 5.41) is 0. The quantitative estimate of drug-likeness (QED) is 0.762. The van der Waals surface area contributed by atoms with Crippen LogP contribution in [-0.4, -0.2) is 17.1 Å². The van der Waals surface area contributed by atoms with Gasteiger partial charge in [0.05, 0.1) is 7.11 Å². The summed E-state index contributed by atoms with van der Waals surface area (Å²) in [6, 6.07) is 1.61. The van der Waals surface area contributed by atoms with Gasteiger partial charge in [0.2, 0.25) is 5.95 Å². The van der Waals surface area contributed by atoms with Gasteiger partial charge in [-0.2, -0.15) is 4.98 Å². The number of anilines is 1. The molecule has 0 unspecified atom stereocenters. The second-order valence-corrected chi connectivity index (χ2v) is 2.24. The summed E-state index contributed by atoms with van der Waals surface area (Å²) >= 11 is -2.75. The Kier molecular flexibility index (Phi) is 6.14. The van der Waals surface area contributed by atoms with E-state index in [0.717, 1.165) is 0 Å². The van der Waals surface area contributed by atoms with Crippen LogP contribution in [0.15, 0.2) is 6.07 Å². The minimum atomic E-state index is -2.75. The van der Waals surface area contributed by atoms with Crippen molar-refractivity contribution in [3.05, 3.63) is 18.7 Å². The molecule has 0 spiro atoms. The average Bonchev–Trinajstić information content (AvgIpc) is 2.04. The van der Waals surface area contributed by atoms with Crippen LogP contribution in [0.5, 0.6) is 5.88 Å². The first kappa shape index (κ1) is 12.1. The van der Waals surface area contributed by atoms with E-state index in [1.807, 2.05) is 0 Å². The second-order valence-electron chi connectivity index (χ2n) is 1.82. The van der Waals surface area contributed by atoms with Gasteiger partial charge in [-0.15, -0.1) is 6.07 Å². The Morgan fingerprint density at radius 3 is 2.46 bits per heavy atom. The molecule has 74 valence electrons. The van der Waals surface area contributed by atoms with Gasteiger partial charge in [-0.05, 0) is 0 Å². The fourth-order valence-corrected chi connectivity index (χ4v) is 0.597. The summed E-state index contributed by atoms with van der Waals surface area (Å²) in [4.78, 5) is 7.51. The van der Waals surface area contributed by atoms with Crippen LogP contribution < -0.4 is 10.5 Å². The molecule has 1 rings (SSSR count). The third-order valence-corrected chi connectivity index (χ3v) is 0.982. The molecule has 13 heavy (non-hydrogen) atoms. The van der Waals surface area contributed by atoms with Crippen LogP contribution in [0, 0.1) is 6.92 Å². The van der Waals surface area contributed by atoms with Crippen molar-refractivity contribution in [2.75, 3.05) is 12.8 Å². The normalized spacial score (nSPS) is 8.54. The van der Waals surface area contributed by atoms with Gasteiger partial charge in [0, 0.05) is 0 Å². The monoisotopic (exact) mass is 360 g/mol. The van der Waals surface area contributed by atoms with Gasteiger partial charge >= 0.3 is 25.9 Å². The molecular formula is C6H8F2N3OW-. The van der Waals surface area contributed by atoms with Crippen LogP contribution in [0.3, 0.4) is 0 Å². The SMILES string of the molecule is [CH2-]c1cc(OC)nc(N)n1.[F][W][F]. The van der Waals surface area contributed by atoms with Crippen LogP contribution in [-0.2, 0) is 19.6 Å². The summed E-state index contributed by atoms with van der Waals surface area (Å²) in [6.45, 7) is 3.58. The topological polar surface area (TPSA) is 61.0 Å². The van der Waals surface area contributed by atoms with Crippen LogP contribution in [0.4, 0.5) is 12.3 Å². The molecule has 0 aromatic carbocycles. The molecule has 0 radical (unpaired) electrons. The fraction of sp³-hybridized carbons (Fsp3) is 0.167. The van der Waals surface area contributed by atoms with Crippen LogP contribution >= 0.6 is 0 Å². The molecule has 1 heterocycles. The molecule has 0 saturated carbocycles. The van der Waals surface area contributed by atoms with E-state index in [2.05, 4.69) is 16.9 Å². The Labute approximate surface area is 84.4 Å². The molecule has 2 N–H and O–H groups in total. The third-order valence-electron chi connectivity index (χ3n) is 0.982. The van der Waals surface area contributed by atoms with Crippen molar-refractivity contribution < 1.29 is 30.7 Å². The van der Waals surface area contributed by atoms with Crippen LogP contribution in [0.1, 0.15) is 5.69 Å². The second kappa shape index (κ2) is 6.60. The first-order valence-electron chi connectivity index (χ1n) is 3.03. The van der Waals surface area contributed by atoms with Gasteiger partial charge in [-0.3, -0.25) is 4.98 Å². The van der Waals surface area contributed by atoms with E-state index in [-0.39, 0.29) is 5.95 Å². The van der Waals surface area contributed by atoms with E-state index < -0.39 is 19.6 Å². The summed E-state index contributed by atoms with van der Waals surface area (Å²) in [5.41, 5.74) is 5.85. The van der Waals surface area contributed by atoms with Crippen LogP contribution in [0.2, 0.25) is 0 Å². The van der Waals surface area contributed by atoms with E-state index in [0.29, 0.717) is 11.6 Å². The van der Waals surface area contributed by atoms with Gasteiger partial charge in [0.25, 0.3) is 0 Å². The van der Waals surface area contributed by atoms with E-state index in [4.69, 9.17) is 10.5 Å². The van der Waals surface area contributed by atoms with Gasteiger partial charge < -0.3 is 10.5 Å². The predicted octanol–water partition coefficient (Wildman–Crippen LogP) is 1.09. The molecule has 1 aromatic heterocycles. The first-order valence-corrected chi connectivity index (χ1v) is 5.25. The number of nitrogens with zero attached hydrogens (tertiary/aromatic N) is 2. The molecule has 0 aliphatic heterocycles. The zero-order valence-corrected chi connectivity index (χ0v) is 9.76. The molecule has 4 nitrogen and oxygen atoms in total. The zero-order valence-electron chi connectivity index (χ0n) is 6.83. The molecule has 0 amide bonds. The van der Waals surface area contributed by atoms with Crippen molar-refractivity contribution in [2.45, 2.75) is 0 Å². The molecular weight excluding hydrogens is 352 g/mol. The van der Waals surface area contributed by atoms with Crippen molar-refractivity contribution in [3.63, 3.8) is 0 Å². The maximum atomic E-state index is 9.79. The third kappa shape index (κ3) is 5.35. The number of methoxy groups -OCH3 is 1. The number of aromatic nitrogens is 2. The number of halogens is 2. The Morgan fingerprint density at radius 2 is 2.08 bits per heavy atom. The molecule has 0 aliphatic carbocycles. The van der Waals surface area contributed by atoms with E-state index in [1.54, 1.807) is 6.07 Å². The number of nitrogens with two attached hydrogens (primary N) is 1. The Bertz CT molecular complexity index is 241. The van der Waals surface area contributed by atoms with Crippen molar-refractivity contribution in [1.29, 1.82) is 0 Å². The molecule has 7 heteroatoms. The molecule has 0 saturated heterocycles. The molecule has 0 bridgehead atoms. The standard InChI is InChI=1S/C6H8N3O.2FH.W/c1-4-3-5(10-2)9-6(7)8-4;;;/h3H,1H2,2H3,(H2,7,8,9);2*1H;/q-1;;;+2/p-2. The van der Waals surface area contributed by atoms with Gasteiger partial charge in [0.1, 0.15) is 5.88 Å². The van der Waals surface area contributed by atoms with Crippen molar-refractivity contribution in [3.8, 4) is 5.88 Å². The fourth-order valence-electron chi connectivity index (χ4n) is 0.597. The van der Waals surface area contributed by atoms with Gasteiger partial charge in [-0.1, -0.05) is 5.69 Å². The molecule has 0 aliphatic rings. The number of ether oxygens (including phenoxy) is 1. The molecule has 1 aromatic rings. The average molecular weight is 360 g/mol. The Balaban J connectivity index is 0.000000424. The van der Waals surface area contributed by atoms with E-state index in [1.165, 1.54) is 7.11 Å². The molecule has 0 atom stereocenters. The van der Waals surface area contributed by atoms with Crippen LogP contribution in [0.25, 0.3) is 0 Å². The maximum absolute atomic E-state index is 9.79. The van der Waals surface area contributed by atoms with Crippen molar-refractivity contribution >= 4 is 5.95 Å². The Morgan fingerprint density at radius 1 is 1.54 bits per heavy atom. The van der Waals surface area contributed by atoms with Gasteiger partial charge in [-0.25, -0.2) is 6.92 Å². The first-order chi connectivity index (χ1) is 6.13. The van der Waals surface area contributed by atoms with E-state index in [9.17, 15) is 6.32 Å².